The Bertz CT molecular complexity index is 1020. The molecule has 35 heavy (non-hydrogen) atoms. The summed E-state index contributed by atoms with van der Waals surface area (Å²) in [5.41, 5.74) is 1.62. The first-order valence-corrected chi connectivity index (χ1v) is 11.7. The Hall–Kier alpha value is -3.52. The summed E-state index contributed by atoms with van der Waals surface area (Å²) in [6, 6.07) is 17.5. The molecule has 1 heterocycles. The minimum atomic E-state index is -1.67. The van der Waals surface area contributed by atoms with E-state index in [0.29, 0.717) is 0 Å². The molecule has 3 rings (SSSR count). The summed E-state index contributed by atoms with van der Waals surface area (Å²) in [5.74, 6) is -4.06. The van der Waals surface area contributed by atoms with E-state index in [2.05, 4.69) is 0 Å². The maximum atomic E-state index is 13.5. The van der Waals surface area contributed by atoms with E-state index in [1.807, 2.05) is 60.7 Å². The smallest absolute Gasteiger partial charge is 0.335 e. The molecule has 0 aromatic heterocycles. The molecule has 1 amide bonds. The molecule has 1 N–H and O–H groups in total. The highest BCUT2D eigenvalue weighted by Gasteiger charge is 2.53. The zero-order chi connectivity index (χ0) is 25.4. The van der Waals surface area contributed by atoms with Crippen molar-refractivity contribution in [3.8, 4) is 0 Å². The average molecular weight is 482 g/mol. The third kappa shape index (κ3) is 6.76. The molecule has 8 heteroatoms. The van der Waals surface area contributed by atoms with Crippen molar-refractivity contribution in [2.45, 2.75) is 52.0 Å². The molecule has 0 radical (unpaired) electrons. The van der Waals surface area contributed by atoms with Gasteiger partial charge >= 0.3 is 11.9 Å². The van der Waals surface area contributed by atoms with E-state index < -0.39 is 41.8 Å². The third-order valence-corrected chi connectivity index (χ3v) is 6.12. The molecule has 186 valence electrons. The van der Waals surface area contributed by atoms with E-state index in [1.54, 1.807) is 6.92 Å². The summed E-state index contributed by atoms with van der Waals surface area (Å²) < 4.78 is 10.4. The lowest BCUT2D eigenvalue weighted by Gasteiger charge is -2.30. The fraction of sp³-hybridized carbons (Fsp3) is 0.407. The SMILES string of the molecule is CCOC(=O)[C@@H](O)[C@@H]1[C@H](CC(C)=O)C(=O)N(Cc2ccccc2)[C@H]1CC(=O)OCc1ccccc1. The summed E-state index contributed by atoms with van der Waals surface area (Å²) in [7, 11) is 0. The van der Waals surface area contributed by atoms with Gasteiger partial charge in [-0.25, -0.2) is 4.79 Å². The van der Waals surface area contributed by atoms with E-state index in [0.717, 1.165) is 11.1 Å². The molecule has 2 aromatic carbocycles. The van der Waals surface area contributed by atoms with Crippen LogP contribution in [0.1, 0.15) is 37.8 Å². The summed E-state index contributed by atoms with van der Waals surface area (Å²) in [6.07, 6.45) is -2.06. The van der Waals surface area contributed by atoms with Crippen molar-refractivity contribution in [1.29, 1.82) is 0 Å². The third-order valence-electron chi connectivity index (χ3n) is 6.12. The van der Waals surface area contributed by atoms with Gasteiger partial charge in [-0.3, -0.25) is 9.59 Å². The second kappa shape index (κ2) is 12.3. The first-order chi connectivity index (χ1) is 16.8. The molecular formula is C27H31NO7. The van der Waals surface area contributed by atoms with E-state index in [9.17, 15) is 24.3 Å². The van der Waals surface area contributed by atoms with Crippen molar-refractivity contribution < 1.29 is 33.8 Å². The van der Waals surface area contributed by atoms with Crippen molar-refractivity contribution in [3.05, 3.63) is 71.8 Å². The summed E-state index contributed by atoms with van der Waals surface area (Å²) >= 11 is 0. The number of likely N-dealkylation sites (tertiary alicyclic amines) is 1. The Morgan fingerprint density at radius 3 is 2.11 bits per heavy atom. The number of Topliss-reactive ketones (excluding diaryl/α,β-unsaturated/α-hetero) is 1. The molecule has 0 unspecified atom stereocenters. The summed E-state index contributed by atoms with van der Waals surface area (Å²) in [4.78, 5) is 52.3. The van der Waals surface area contributed by atoms with Crippen molar-refractivity contribution in [3.63, 3.8) is 0 Å². The van der Waals surface area contributed by atoms with Crippen molar-refractivity contribution in [1.82, 2.24) is 4.90 Å². The van der Waals surface area contributed by atoms with Crippen LogP contribution in [0.2, 0.25) is 0 Å². The molecule has 1 aliphatic rings. The number of hydrogen-bond donors (Lipinski definition) is 1. The number of carbonyl (C=O) groups is 4. The fourth-order valence-electron chi connectivity index (χ4n) is 4.55. The van der Waals surface area contributed by atoms with Crippen LogP contribution in [0.3, 0.4) is 0 Å². The first kappa shape index (κ1) is 26.1. The van der Waals surface area contributed by atoms with E-state index in [4.69, 9.17) is 9.47 Å². The zero-order valence-corrected chi connectivity index (χ0v) is 20.0. The molecule has 0 aliphatic carbocycles. The highest BCUT2D eigenvalue weighted by atomic mass is 16.5. The minimum absolute atomic E-state index is 0.0471. The lowest BCUT2D eigenvalue weighted by Crippen LogP contribution is -2.43. The number of rotatable bonds is 11. The molecule has 0 spiro atoms. The fourth-order valence-corrected chi connectivity index (χ4v) is 4.55. The number of hydrogen-bond acceptors (Lipinski definition) is 7. The monoisotopic (exact) mass is 481 g/mol. The Kier molecular flexibility index (Phi) is 9.14. The van der Waals surface area contributed by atoms with Gasteiger partial charge in [-0.05, 0) is 25.0 Å². The maximum Gasteiger partial charge on any atom is 0.335 e. The Balaban J connectivity index is 1.89. The lowest BCUT2D eigenvalue weighted by atomic mass is 9.81. The zero-order valence-electron chi connectivity index (χ0n) is 20.0. The van der Waals surface area contributed by atoms with Crippen LogP contribution in [0.4, 0.5) is 0 Å². The normalized spacial score (nSPS) is 20.4. The number of benzene rings is 2. The number of aliphatic hydroxyl groups is 1. The molecule has 1 fully saturated rings. The predicted molar refractivity (Wildman–Crippen MR) is 127 cm³/mol. The molecule has 0 saturated carbocycles. The highest BCUT2D eigenvalue weighted by Crippen LogP contribution is 2.39. The molecule has 0 bridgehead atoms. The molecule has 2 aromatic rings. The van der Waals surface area contributed by atoms with Crippen LogP contribution in [-0.2, 0) is 41.8 Å². The summed E-state index contributed by atoms with van der Waals surface area (Å²) in [5, 5.41) is 10.9. The van der Waals surface area contributed by atoms with Gasteiger partial charge in [0.05, 0.1) is 18.9 Å². The number of ketones is 1. The number of nitrogens with zero attached hydrogens (tertiary/aromatic N) is 1. The highest BCUT2D eigenvalue weighted by molar-refractivity contribution is 5.90. The van der Waals surface area contributed by atoms with Crippen LogP contribution in [0, 0.1) is 11.8 Å². The van der Waals surface area contributed by atoms with Crippen molar-refractivity contribution in [2.24, 2.45) is 11.8 Å². The molecule has 8 nitrogen and oxygen atoms in total. The van der Waals surface area contributed by atoms with Gasteiger partial charge in [0.2, 0.25) is 5.91 Å². The number of aliphatic hydroxyl groups excluding tert-OH is 1. The van der Waals surface area contributed by atoms with Gasteiger partial charge in [0.1, 0.15) is 12.4 Å². The van der Waals surface area contributed by atoms with Gasteiger partial charge in [0.15, 0.2) is 6.10 Å². The number of carbonyl (C=O) groups excluding carboxylic acids is 4. The molecule has 1 saturated heterocycles. The standard InChI is InChI=1S/C27H31NO7/c1-3-34-27(33)25(31)24-21(14-18(2)29)26(32)28(16-19-10-6-4-7-11-19)22(24)15-23(30)35-17-20-12-8-5-9-13-20/h4-13,21-22,24-25,31H,3,14-17H2,1-2H3/t21-,22-,24+,25-/m0/s1. The Labute approximate surface area is 204 Å². The molecule has 4 atom stereocenters. The number of ether oxygens (including phenoxy) is 2. The van der Waals surface area contributed by atoms with Crippen LogP contribution in [0.25, 0.3) is 0 Å². The van der Waals surface area contributed by atoms with Crippen LogP contribution >= 0.6 is 0 Å². The topological polar surface area (TPSA) is 110 Å². The number of esters is 2. The van der Waals surface area contributed by atoms with Crippen molar-refractivity contribution in [2.75, 3.05) is 6.61 Å². The van der Waals surface area contributed by atoms with Gasteiger partial charge in [-0.1, -0.05) is 60.7 Å². The molecule has 1 aliphatic heterocycles. The quantitative estimate of drug-likeness (QED) is 0.491. The predicted octanol–water partition coefficient (Wildman–Crippen LogP) is 2.67. The van der Waals surface area contributed by atoms with Crippen LogP contribution in [-0.4, -0.2) is 52.4 Å². The molecular weight excluding hydrogens is 450 g/mol. The Morgan fingerprint density at radius 1 is 0.943 bits per heavy atom. The second-order valence-electron chi connectivity index (χ2n) is 8.66. The second-order valence-corrected chi connectivity index (χ2v) is 8.66. The van der Waals surface area contributed by atoms with Gasteiger partial charge < -0.3 is 24.3 Å². The van der Waals surface area contributed by atoms with Crippen LogP contribution < -0.4 is 0 Å². The van der Waals surface area contributed by atoms with E-state index in [-0.39, 0.29) is 38.4 Å². The van der Waals surface area contributed by atoms with E-state index >= 15 is 0 Å². The summed E-state index contributed by atoms with van der Waals surface area (Å²) in [6.45, 7) is 3.23. The van der Waals surface area contributed by atoms with E-state index in [1.165, 1.54) is 11.8 Å². The van der Waals surface area contributed by atoms with Gasteiger partial charge in [0, 0.05) is 24.9 Å². The first-order valence-electron chi connectivity index (χ1n) is 11.7. The number of amides is 1. The Morgan fingerprint density at radius 2 is 1.54 bits per heavy atom. The largest absolute Gasteiger partial charge is 0.464 e. The van der Waals surface area contributed by atoms with Crippen LogP contribution in [0.15, 0.2) is 60.7 Å². The van der Waals surface area contributed by atoms with Gasteiger partial charge in [0.25, 0.3) is 0 Å². The van der Waals surface area contributed by atoms with Gasteiger partial charge in [-0.15, -0.1) is 0 Å². The minimum Gasteiger partial charge on any atom is -0.464 e. The van der Waals surface area contributed by atoms with Crippen LogP contribution in [0.5, 0.6) is 0 Å². The van der Waals surface area contributed by atoms with Gasteiger partial charge in [-0.2, -0.15) is 0 Å². The lowest BCUT2D eigenvalue weighted by molar-refractivity contribution is -0.159. The van der Waals surface area contributed by atoms with Crippen molar-refractivity contribution >= 4 is 23.6 Å². The maximum absolute atomic E-state index is 13.5. The average Bonchev–Trinajstić information content (AvgIpc) is 3.08.